The van der Waals surface area contributed by atoms with Crippen LogP contribution in [0.5, 0.6) is 0 Å². The van der Waals surface area contributed by atoms with E-state index in [2.05, 4.69) is 15.0 Å². The predicted octanol–water partition coefficient (Wildman–Crippen LogP) is 3.77. The van der Waals surface area contributed by atoms with E-state index in [4.69, 9.17) is 13.7 Å². The number of hydrogen-bond donors (Lipinski definition) is 1. The van der Waals surface area contributed by atoms with Crippen molar-refractivity contribution in [3.63, 3.8) is 0 Å². The standard InChI is InChI=1S/C30H29N5O7S/c1-20-18-35(29(37)32-27(20)36)28-25(33-34-31)26(42-43(2,38)39)24(41-28)19-40-30(21-12-6-3-7-13-21,22-14-8-4-9-15-22)23-16-10-5-11-17-23/h3-18,24-26,28H,19H2,1-2H3,(H,32,36,37)/t24-,25-,26-,28-/m1/s1. The highest BCUT2D eigenvalue weighted by atomic mass is 32.2. The van der Waals surface area contributed by atoms with E-state index in [1.165, 1.54) is 13.1 Å². The van der Waals surface area contributed by atoms with Gasteiger partial charge in [0.05, 0.1) is 12.9 Å². The highest BCUT2D eigenvalue weighted by Gasteiger charge is 2.50. The van der Waals surface area contributed by atoms with Crippen LogP contribution < -0.4 is 11.2 Å². The van der Waals surface area contributed by atoms with Crippen molar-refractivity contribution >= 4 is 10.1 Å². The van der Waals surface area contributed by atoms with Crippen LogP contribution in [-0.2, 0) is 29.4 Å². The third-order valence-corrected chi connectivity index (χ3v) is 7.78. The zero-order valence-corrected chi connectivity index (χ0v) is 24.1. The Hall–Kier alpha value is -4.52. The molecular formula is C30H29N5O7S. The van der Waals surface area contributed by atoms with Crippen molar-refractivity contribution in [1.82, 2.24) is 9.55 Å². The molecule has 13 heteroatoms. The first-order chi connectivity index (χ1) is 20.6. The molecule has 0 aliphatic carbocycles. The van der Waals surface area contributed by atoms with Gasteiger partial charge in [-0.25, -0.2) is 4.79 Å². The van der Waals surface area contributed by atoms with Gasteiger partial charge in [-0.2, -0.15) is 8.42 Å². The van der Waals surface area contributed by atoms with Crippen LogP contribution in [0.25, 0.3) is 10.4 Å². The second-order valence-electron chi connectivity index (χ2n) is 10.1. The first-order valence-electron chi connectivity index (χ1n) is 13.3. The van der Waals surface area contributed by atoms with E-state index in [1.807, 2.05) is 91.0 Å². The minimum Gasteiger partial charge on any atom is -0.358 e. The minimum atomic E-state index is -4.10. The van der Waals surface area contributed by atoms with E-state index >= 15 is 0 Å². The molecule has 2 heterocycles. The van der Waals surface area contributed by atoms with Gasteiger partial charge >= 0.3 is 5.69 Å². The van der Waals surface area contributed by atoms with E-state index in [9.17, 15) is 23.5 Å². The Labute approximate surface area is 247 Å². The van der Waals surface area contributed by atoms with Crippen LogP contribution in [0.4, 0.5) is 0 Å². The molecule has 0 saturated carbocycles. The molecule has 4 aromatic rings. The van der Waals surface area contributed by atoms with Crippen molar-refractivity contribution in [1.29, 1.82) is 0 Å². The van der Waals surface area contributed by atoms with E-state index < -0.39 is 51.4 Å². The number of aryl methyl sites for hydroxylation is 1. The maximum Gasteiger partial charge on any atom is 0.330 e. The van der Waals surface area contributed by atoms with E-state index in [0.717, 1.165) is 27.5 Å². The summed E-state index contributed by atoms with van der Waals surface area (Å²) in [6.07, 6.45) is -1.68. The zero-order chi connectivity index (χ0) is 30.6. The molecule has 4 atom stereocenters. The Morgan fingerprint density at radius 1 is 0.953 bits per heavy atom. The maximum atomic E-state index is 12.8. The predicted molar refractivity (Wildman–Crippen MR) is 158 cm³/mol. The van der Waals surface area contributed by atoms with Crippen LogP contribution in [0, 0.1) is 6.92 Å². The first-order valence-corrected chi connectivity index (χ1v) is 15.2. The van der Waals surface area contributed by atoms with Gasteiger partial charge in [0.25, 0.3) is 15.7 Å². The molecule has 1 aliphatic rings. The first kappa shape index (κ1) is 30.0. The molecule has 222 valence electrons. The maximum absolute atomic E-state index is 12.8. The fourth-order valence-corrected chi connectivity index (χ4v) is 5.98. The number of ether oxygens (including phenoxy) is 2. The summed E-state index contributed by atoms with van der Waals surface area (Å²) < 4.78 is 44.3. The second-order valence-corrected chi connectivity index (χ2v) is 11.7. The number of rotatable bonds is 10. The summed E-state index contributed by atoms with van der Waals surface area (Å²) >= 11 is 0. The zero-order valence-electron chi connectivity index (χ0n) is 23.3. The third kappa shape index (κ3) is 6.17. The number of nitrogens with zero attached hydrogens (tertiary/aromatic N) is 4. The monoisotopic (exact) mass is 603 g/mol. The molecule has 0 bridgehead atoms. The number of azide groups is 1. The molecule has 12 nitrogen and oxygen atoms in total. The molecular weight excluding hydrogens is 574 g/mol. The van der Waals surface area contributed by atoms with Crippen molar-refractivity contribution in [3.05, 3.63) is 151 Å². The van der Waals surface area contributed by atoms with Gasteiger partial charge in [-0.3, -0.25) is 18.5 Å². The summed E-state index contributed by atoms with van der Waals surface area (Å²) in [5, 5.41) is 3.77. The fourth-order valence-electron chi connectivity index (χ4n) is 5.34. The molecule has 1 aliphatic heterocycles. The smallest absolute Gasteiger partial charge is 0.330 e. The summed E-state index contributed by atoms with van der Waals surface area (Å²) in [7, 11) is -4.10. The summed E-state index contributed by atoms with van der Waals surface area (Å²) in [6, 6.07) is 27.2. The number of hydrogen-bond acceptors (Lipinski definition) is 8. The van der Waals surface area contributed by atoms with Crippen molar-refractivity contribution in [2.45, 2.75) is 37.0 Å². The van der Waals surface area contributed by atoms with Gasteiger partial charge in [-0.05, 0) is 29.1 Å². The van der Waals surface area contributed by atoms with Crippen molar-refractivity contribution in [2.75, 3.05) is 12.9 Å². The number of benzene rings is 3. The lowest BCUT2D eigenvalue weighted by molar-refractivity contribution is -0.0913. The van der Waals surface area contributed by atoms with E-state index in [-0.39, 0.29) is 12.2 Å². The molecule has 0 spiro atoms. The highest BCUT2D eigenvalue weighted by molar-refractivity contribution is 7.86. The van der Waals surface area contributed by atoms with Crippen LogP contribution in [0.2, 0.25) is 0 Å². The number of H-pyrrole nitrogens is 1. The van der Waals surface area contributed by atoms with E-state index in [1.54, 1.807) is 0 Å². The topological polar surface area (TPSA) is 165 Å². The van der Waals surface area contributed by atoms with Gasteiger partial charge in [0.15, 0.2) is 0 Å². The third-order valence-electron chi connectivity index (χ3n) is 7.21. The average Bonchev–Trinajstić information content (AvgIpc) is 3.32. The van der Waals surface area contributed by atoms with Crippen molar-refractivity contribution < 1.29 is 22.1 Å². The van der Waals surface area contributed by atoms with Crippen molar-refractivity contribution in [2.24, 2.45) is 5.11 Å². The number of nitrogens with one attached hydrogen (secondary N) is 1. The Morgan fingerprint density at radius 2 is 1.47 bits per heavy atom. The van der Waals surface area contributed by atoms with Crippen LogP contribution in [0.15, 0.2) is 112 Å². The van der Waals surface area contributed by atoms with Gasteiger partial charge in [-0.15, -0.1) is 0 Å². The van der Waals surface area contributed by atoms with Crippen LogP contribution in [0.3, 0.4) is 0 Å². The molecule has 1 aromatic heterocycles. The van der Waals surface area contributed by atoms with Gasteiger partial charge in [0, 0.05) is 16.7 Å². The number of aromatic amines is 1. The average molecular weight is 604 g/mol. The van der Waals surface area contributed by atoms with Gasteiger partial charge in [-0.1, -0.05) is 96.1 Å². The summed E-state index contributed by atoms with van der Waals surface area (Å²) in [5.74, 6) is 0. The van der Waals surface area contributed by atoms with Crippen molar-refractivity contribution in [3.8, 4) is 0 Å². The quantitative estimate of drug-likeness (QED) is 0.0947. The second kappa shape index (κ2) is 12.4. The SMILES string of the molecule is Cc1cn([C@@H]2O[C@H](COC(c3ccccc3)(c3ccccc3)c3ccccc3)[C@@H](OS(C)(=O)=O)[C@H]2N=[N+]=[N-])c(=O)[nH]c1=O. The van der Waals surface area contributed by atoms with Gasteiger partial charge in [0.2, 0.25) is 0 Å². The lowest BCUT2D eigenvalue weighted by Crippen LogP contribution is -2.41. The molecule has 1 saturated heterocycles. The van der Waals surface area contributed by atoms with Crippen LogP contribution in [-0.4, -0.2) is 49.1 Å². The Morgan fingerprint density at radius 3 is 1.93 bits per heavy atom. The lowest BCUT2D eigenvalue weighted by atomic mass is 9.80. The van der Waals surface area contributed by atoms with Gasteiger partial charge < -0.3 is 9.47 Å². The fraction of sp³-hybridized carbons (Fsp3) is 0.267. The largest absolute Gasteiger partial charge is 0.358 e. The normalized spacial score (nSPS) is 20.4. The Bertz CT molecular complexity index is 1740. The molecule has 1 N–H and O–H groups in total. The lowest BCUT2D eigenvalue weighted by Gasteiger charge is -2.37. The number of aromatic nitrogens is 2. The molecule has 3 aromatic carbocycles. The molecule has 0 amide bonds. The highest BCUT2D eigenvalue weighted by Crippen LogP contribution is 2.42. The summed E-state index contributed by atoms with van der Waals surface area (Å²) in [6.45, 7) is 1.25. The molecule has 5 rings (SSSR count). The molecule has 43 heavy (non-hydrogen) atoms. The van der Waals surface area contributed by atoms with Crippen LogP contribution >= 0.6 is 0 Å². The van der Waals surface area contributed by atoms with E-state index in [0.29, 0.717) is 0 Å². The molecule has 0 radical (unpaired) electrons. The van der Waals surface area contributed by atoms with Crippen LogP contribution in [0.1, 0.15) is 28.5 Å². The Balaban J connectivity index is 1.63. The van der Waals surface area contributed by atoms with Gasteiger partial charge in [0.1, 0.15) is 30.1 Å². The molecule has 0 unspecified atom stereocenters. The summed E-state index contributed by atoms with van der Waals surface area (Å²) in [5.41, 5.74) is 9.36. The Kier molecular flexibility index (Phi) is 8.62. The minimum absolute atomic E-state index is 0.194. The summed E-state index contributed by atoms with van der Waals surface area (Å²) in [4.78, 5) is 29.9. The molecule has 1 fully saturated rings.